The highest BCUT2D eigenvalue weighted by atomic mass is 16.5. The molecule has 0 aliphatic carbocycles. The second-order valence-electron chi connectivity index (χ2n) is 11.1. The molecule has 0 N–H and O–H groups in total. The second-order valence-corrected chi connectivity index (χ2v) is 11.1. The van der Waals surface area contributed by atoms with Gasteiger partial charge in [-0.3, -0.25) is 0 Å². The van der Waals surface area contributed by atoms with E-state index >= 15 is 0 Å². The van der Waals surface area contributed by atoms with Gasteiger partial charge in [0.15, 0.2) is 0 Å². The van der Waals surface area contributed by atoms with Gasteiger partial charge in [-0.1, -0.05) is 68.4 Å². The Labute approximate surface area is 187 Å². The number of hydrogen-bond donors (Lipinski definition) is 0. The molecule has 4 nitrogen and oxygen atoms in total. The summed E-state index contributed by atoms with van der Waals surface area (Å²) in [6.45, 7) is 19.0. The predicted molar refractivity (Wildman–Crippen MR) is 127 cm³/mol. The van der Waals surface area contributed by atoms with E-state index in [1.807, 2.05) is 24.3 Å². The first-order valence-corrected chi connectivity index (χ1v) is 10.7. The smallest absolute Gasteiger partial charge is 0.347 e. The maximum atomic E-state index is 13.3. The highest BCUT2D eigenvalue weighted by molar-refractivity contribution is 5.94. The Bertz CT molecular complexity index is 916. The predicted octanol–water partition coefficient (Wildman–Crippen LogP) is 6.82. The van der Waals surface area contributed by atoms with Crippen LogP contribution >= 0.6 is 0 Å². The maximum Gasteiger partial charge on any atom is 0.347 e. The van der Waals surface area contributed by atoms with Gasteiger partial charge >= 0.3 is 5.97 Å². The molecule has 0 spiro atoms. The third-order valence-corrected chi connectivity index (χ3v) is 5.40. The first-order valence-electron chi connectivity index (χ1n) is 10.7. The normalized spacial score (nSPS) is 12.5. The summed E-state index contributed by atoms with van der Waals surface area (Å²) >= 11 is 0. The summed E-state index contributed by atoms with van der Waals surface area (Å²) in [6.07, 6.45) is 0. The van der Waals surface area contributed by atoms with E-state index in [0.29, 0.717) is 17.1 Å². The molecule has 0 aliphatic heterocycles. The Hall–Kier alpha value is -2.49. The lowest BCUT2D eigenvalue weighted by molar-refractivity contribution is 0.0725. The van der Waals surface area contributed by atoms with Crippen molar-refractivity contribution >= 4 is 5.97 Å². The molecular weight excluding hydrogens is 388 g/mol. The van der Waals surface area contributed by atoms with Gasteiger partial charge in [-0.25, -0.2) is 4.79 Å². The number of carbonyl (C=O) groups excluding carboxylic acids is 1. The SMILES string of the molecule is COc1cc(C(C)(C)C)c(OC(=O)c2ccc(C(C)(C)C)cc2OC)c(C(C)(C)C)c1. The molecule has 170 valence electrons. The summed E-state index contributed by atoms with van der Waals surface area (Å²) in [5.41, 5.74) is 2.81. The molecule has 0 saturated carbocycles. The number of benzene rings is 2. The lowest BCUT2D eigenvalue weighted by Gasteiger charge is -2.30. The molecule has 0 aromatic heterocycles. The first kappa shape index (κ1) is 24.8. The molecule has 0 saturated heterocycles. The van der Waals surface area contributed by atoms with E-state index in [2.05, 4.69) is 62.3 Å². The quantitative estimate of drug-likeness (QED) is 0.398. The highest BCUT2D eigenvalue weighted by Gasteiger charge is 2.30. The van der Waals surface area contributed by atoms with Gasteiger partial charge in [0, 0.05) is 11.1 Å². The molecule has 2 aromatic rings. The van der Waals surface area contributed by atoms with E-state index in [4.69, 9.17) is 14.2 Å². The van der Waals surface area contributed by atoms with Crippen molar-refractivity contribution in [1.82, 2.24) is 0 Å². The zero-order chi connectivity index (χ0) is 23.8. The topological polar surface area (TPSA) is 44.8 Å². The Kier molecular flexibility index (Phi) is 6.85. The van der Waals surface area contributed by atoms with Crippen LogP contribution in [0.25, 0.3) is 0 Å². The molecule has 0 radical (unpaired) electrons. The molecule has 2 aromatic carbocycles. The number of carbonyl (C=O) groups is 1. The van der Waals surface area contributed by atoms with Crippen molar-refractivity contribution in [2.75, 3.05) is 14.2 Å². The Morgan fingerprint density at radius 2 is 1.23 bits per heavy atom. The number of methoxy groups -OCH3 is 2. The fourth-order valence-electron chi connectivity index (χ4n) is 3.42. The van der Waals surface area contributed by atoms with E-state index in [1.165, 1.54) is 0 Å². The zero-order valence-electron chi connectivity index (χ0n) is 21.0. The van der Waals surface area contributed by atoms with Crippen LogP contribution in [0.2, 0.25) is 0 Å². The Morgan fingerprint density at radius 3 is 1.61 bits per heavy atom. The molecule has 0 atom stereocenters. The average molecular weight is 427 g/mol. The lowest BCUT2D eigenvalue weighted by atomic mass is 9.79. The van der Waals surface area contributed by atoms with Gasteiger partial charge in [-0.05, 0) is 46.1 Å². The molecule has 0 unspecified atom stereocenters. The number of ether oxygens (including phenoxy) is 3. The molecule has 0 aliphatic rings. The summed E-state index contributed by atoms with van der Waals surface area (Å²) in [6, 6.07) is 9.58. The molecule has 31 heavy (non-hydrogen) atoms. The fourth-order valence-corrected chi connectivity index (χ4v) is 3.42. The van der Waals surface area contributed by atoms with Crippen molar-refractivity contribution in [3.8, 4) is 17.2 Å². The first-order chi connectivity index (χ1) is 14.1. The maximum absolute atomic E-state index is 13.3. The van der Waals surface area contributed by atoms with Crippen molar-refractivity contribution in [3.63, 3.8) is 0 Å². The highest BCUT2D eigenvalue weighted by Crippen LogP contribution is 2.43. The Morgan fingerprint density at radius 1 is 0.710 bits per heavy atom. The summed E-state index contributed by atoms with van der Waals surface area (Å²) < 4.78 is 17.2. The van der Waals surface area contributed by atoms with Gasteiger partial charge in [0.2, 0.25) is 0 Å². The Balaban J connectivity index is 2.64. The third-order valence-electron chi connectivity index (χ3n) is 5.40. The van der Waals surface area contributed by atoms with Crippen molar-refractivity contribution < 1.29 is 19.0 Å². The summed E-state index contributed by atoms with van der Waals surface area (Å²) in [5.74, 6) is 1.42. The minimum Gasteiger partial charge on any atom is -0.497 e. The van der Waals surface area contributed by atoms with Gasteiger partial charge in [0.05, 0.1) is 14.2 Å². The molecule has 0 bridgehead atoms. The van der Waals surface area contributed by atoms with Gasteiger partial charge < -0.3 is 14.2 Å². The van der Waals surface area contributed by atoms with Crippen LogP contribution < -0.4 is 14.2 Å². The molecule has 4 heteroatoms. The monoisotopic (exact) mass is 426 g/mol. The van der Waals surface area contributed by atoms with Gasteiger partial charge in [0.1, 0.15) is 22.8 Å². The lowest BCUT2D eigenvalue weighted by Crippen LogP contribution is -2.22. The van der Waals surface area contributed by atoms with E-state index in [-0.39, 0.29) is 16.2 Å². The third kappa shape index (κ3) is 5.61. The molecule has 0 heterocycles. The minimum absolute atomic E-state index is 0.0511. The summed E-state index contributed by atoms with van der Waals surface area (Å²) in [7, 11) is 3.23. The van der Waals surface area contributed by atoms with Crippen molar-refractivity contribution in [2.24, 2.45) is 0 Å². The van der Waals surface area contributed by atoms with Crippen LogP contribution in [0.1, 0.15) is 89.4 Å². The summed E-state index contributed by atoms with van der Waals surface area (Å²) in [5, 5.41) is 0. The standard InChI is InChI=1S/C27H38O4/c1-25(2,3)17-12-13-19(22(14-17)30-11)24(28)31-23-20(26(4,5)6)15-18(29-10)16-21(23)27(7,8)9/h12-16H,1-11H3. The molecule has 0 amide bonds. The van der Waals surface area contributed by atoms with Crippen molar-refractivity contribution in [1.29, 1.82) is 0 Å². The van der Waals surface area contributed by atoms with Crippen LogP contribution in [-0.2, 0) is 16.2 Å². The van der Waals surface area contributed by atoms with Crippen molar-refractivity contribution in [3.05, 3.63) is 52.6 Å². The van der Waals surface area contributed by atoms with Gasteiger partial charge in [-0.2, -0.15) is 0 Å². The van der Waals surface area contributed by atoms with Crippen LogP contribution in [0, 0.1) is 0 Å². The van der Waals surface area contributed by atoms with E-state index in [1.54, 1.807) is 20.3 Å². The van der Waals surface area contributed by atoms with E-state index in [9.17, 15) is 4.79 Å². The van der Waals surface area contributed by atoms with E-state index < -0.39 is 5.97 Å². The summed E-state index contributed by atoms with van der Waals surface area (Å²) in [4.78, 5) is 13.3. The number of hydrogen-bond acceptors (Lipinski definition) is 4. The van der Waals surface area contributed by atoms with Gasteiger partial charge in [-0.15, -0.1) is 0 Å². The molecule has 0 fully saturated rings. The second kappa shape index (κ2) is 8.57. The molecule has 2 rings (SSSR count). The molecular formula is C27H38O4. The van der Waals surface area contributed by atoms with Crippen LogP contribution in [0.5, 0.6) is 17.2 Å². The zero-order valence-corrected chi connectivity index (χ0v) is 21.0. The average Bonchev–Trinajstić information content (AvgIpc) is 2.64. The van der Waals surface area contributed by atoms with Crippen molar-refractivity contribution in [2.45, 2.75) is 78.6 Å². The van der Waals surface area contributed by atoms with Crippen LogP contribution in [0.3, 0.4) is 0 Å². The van der Waals surface area contributed by atoms with Crippen LogP contribution in [-0.4, -0.2) is 20.2 Å². The van der Waals surface area contributed by atoms with E-state index in [0.717, 1.165) is 22.4 Å². The van der Waals surface area contributed by atoms with Crippen LogP contribution in [0.15, 0.2) is 30.3 Å². The minimum atomic E-state index is -0.432. The fraction of sp³-hybridized carbons (Fsp3) is 0.519. The van der Waals surface area contributed by atoms with Gasteiger partial charge in [0.25, 0.3) is 0 Å². The van der Waals surface area contributed by atoms with Crippen LogP contribution in [0.4, 0.5) is 0 Å². The largest absolute Gasteiger partial charge is 0.497 e. The number of rotatable bonds is 4. The number of esters is 1.